The van der Waals surface area contributed by atoms with Gasteiger partial charge in [-0.25, -0.2) is 0 Å². The molecule has 96 valence electrons. The van der Waals surface area contributed by atoms with Crippen LogP contribution in [0.15, 0.2) is 24.3 Å². The summed E-state index contributed by atoms with van der Waals surface area (Å²) in [6, 6.07) is 8.70. The molecular formula is C14H24N2O. The van der Waals surface area contributed by atoms with Crippen LogP contribution in [0, 0.1) is 6.92 Å². The molecule has 0 heterocycles. The maximum atomic E-state index is 5.00. The SMILES string of the molecule is CCN(CCNCCOC)c1ccc(C)cc1. The fraction of sp³-hybridized carbons (Fsp3) is 0.571. The third-order valence-electron chi connectivity index (χ3n) is 2.82. The van der Waals surface area contributed by atoms with Gasteiger partial charge in [0.05, 0.1) is 6.61 Å². The number of hydrogen-bond acceptors (Lipinski definition) is 3. The van der Waals surface area contributed by atoms with E-state index < -0.39 is 0 Å². The summed E-state index contributed by atoms with van der Waals surface area (Å²) in [5, 5.41) is 3.37. The summed E-state index contributed by atoms with van der Waals surface area (Å²) >= 11 is 0. The number of hydrogen-bond donors (Lipinski definition) is 1. The first kappa shape index (κ1) is 14.0. The molecule has 0 aliphatic carbocycles. The molecule has 1 aromatic rings. The molecule has 17 heavy (non-hydrogen) atoms. The normalized spacial score (nSPS) is 10.5. The van der Waals surface area contributed by atoms with Crippen LogP contribution in [0.1, 0.15) is 12.5 Å². The number of benzene rings is 1. The molecule has 3 heteroatoms. The highest BCUT2D eigenvalue weighted by atomic mass is 16.5. The Labute approximate surface area is 105 Å². The lowest BCUT2D eigenvalue weighted by Gasteiger charge is -2.23. The van der Waals surface area contributed by atoms with E-state index in [-0.39, 0.29) is 0 Å². The lowest BCUT2D eigenvalue weighted by atomic mass is 10.2. The van der Waals surface area contributed by atoms with Crippen LogP contribution < -0.4 is 10.2 Å². The van der Waals surface area contributed by atoms with E-state index in [0.29, 0.717) is 0 Å². The van der Waals surface area contributed by atoms with E-state index in [1.807, 2.05) is 0 Å². The van der Waals surface area contributed by atoms with E-state index in [0.717, 1.165) is 32.8 Å². The smallest absolute Gasteiger partial charge is 0.0587 e. The van der Waals surface area contributed by atoms with E-state index in [1.54, 1.807) is 7.11 Å². The highest BCUT2D eigenvalue weighted by molar-refractivity contribution is 5.47. The van der Waals surface area contributed by atoms with Crippen LogP contribution in [0.25, 0.3) is 0 Å². The Hall–Kier alpha value is -1.06. The molecule has 1 N–H and O–H groups in total. The van der Waals surface area contributed by atoms with Gasteiger partial charge in [0.2, 0.25) is 0 Å². The number of anilines is 1. The zero-order valence-electron chi connectivity index (χ0n) is 11.2. The average Bonchev–Trinajstić information content (AvgIpc) is 2.35. The van der Waals surface area contributed by atoms with Gasteiger partial charge < -0.3 is 15.0 Å². The predicted molar refractivity (Wildman–Crippen MR) is 73.8 cm³/mol. The summed E-state index contributed by atoms with van der Waals surface area (Å²) in [6.45, 7) is 9.06. The summed E-state index contributed by atoms with van der Waals surface area (Å²) in [6.07, 6.45) is 0. The number of nitrogens with one attached hydrogen (secondary N) is 1. The Morgan fingerprint density at radius 1 is 1.18 bits per heavy atom. The van der Waals surface area contributed by atoms with Gasteiger partial charge in [-0.15, -0.1) is 0 Å². The van der Waals surface area contributed by atoms with Gasteiger partial charge in [-0.1, -0.05) is 17.7 Å². The number of ether oxygens (including phenoxy) is 1. The van der Waals surface area contributed by atoms with Crippen LogP contribution in [0.2, 0.25) is 0 Å². The first-order chi connectivity index (χ1) is 8.27. The van der Waals surface area contributed by atoms with Gasteiger partial charge in [-0.3, -0.25) is 0 Å². The summed E-state index contributed by atoms with van der Waals surface area (Å²) in [5.74, 6) is 0. The first-order valence-corrected chi connectivity index (χ1v) is 6.29. The van der Waals surface area contributed by atoms with E-state index in [2.05, 4.69) is 48.3 Å². The minimum atomic E-state index is 0.774. The maximum Gasteiger partial charge on any atom is 0.0587 e. The standard InChI is InChI=1S/C14H24N2O/c1-4-16(11-9-15-10-12-17-3)14-7-5-13(2)6-8-14/h5-8,15H,4,9-12H2,1-3H3. The molecule has 0 saturated carbocycles. The number of aryl methyl sites for hydroxylation is 1. The van der Waals surface area contributed by atoms with Crippen molar-refractivity contribution in [2.45, 2.75) is 13.8 Å². The molecule has 0 aliphatic heterocycles. The fourth-order valence-electron chi connectivity index (χ4n) is 1.74. The Morgan fingerprint density at radius 2 is 1.88 bits per heavy atom. The summed E-state index contributed by atoms with van der Waals surface area (Å²) in [7, 11) is 1.73. The quantitative estimate of drug-likeness (QED) is 0.699. The van der Waals surface area contributed by atoms with Crippen LogP contribution in [0.3, 0.4) is 0 Å². The Balaban J connectivity index is 2.35. The summed E-state index contributed by atoms with van der Waals surface area (Å²) in [4.78, 5) is 2.37. The predicted octanol–water partition coefficient (Wildman–Crippen LogP) is 2.06. The van der Waals surface area contributed by atoms with Gasteiger partial charge in [-0.2, -0.15) is 0 Å². The molecule has 0 atom stereocenters. The van der Waals surface area contributed by atoms with Crippen LogP contribution in [0.4, 0.5) is 5.69 Å². The zero-order chi connectivity index (χ0) is 12.5. The number of nitrogens with zero attached hydrogens (tertiary/aromatic N) is 1. The molecule has 0 spiro atoms. The molecule has 0 bridgehead atoms. The molecule has 0 amide bonds. The molecule has 0 saturated heterocycles. The van der Waals surface area contributed by atoms with Crippen molar-refractivity contribution in [1.82, 2.24) is 5.32 Å². The minimum Gasteiger partial charge on any atom is -0.383 e. The molecule has 0 unspecified atom stereocenters. The van der Waals surface area contributed by atoms with Crippen LogP contribution >= 0.6 is 0 Å². The molecule has 0 aliphatic rings. The fourth-order valence-corrected chi connectivity index (χ4v) is 1.74. The van der Waals surface area contributed by atoms with Crippen LogP contribution in [0.5, 0.6) is 0 Å². The second-order valence-electron chi connectivity index (χ2n) is 4.16. The lowest BCUT2D eigenvalue weighted by Crippen LogP contribution is -2.33. The van der Waals surface area contributed by atoms with Crippen molar-refractivity contribution in [3.8, 4) is 0 Å². The average molecular weight is 236 g/mol. The van der Waals surface area contributed by atoms with Crippen molar-refractivity contribution in [2.24, 2.45) is 0 Å². The largest absolute Gasteiger partial charge is 0.383 e. The zero-order valence-corrected chi connectivity index (χ0v) is 11.2. The first-order valence-electron chi connectivity index (χ1n) is 6.29. The van der Waals surface area contributed by atoms with E-state index in [9.17, 15) is 0 Å². The van der Waals surface area contributed by atoms with Crippen molar-refractivity contribution >= 4 is 5.69 Å². The Bertz CT molecular complexity index is 298. The Kier molecular flexibility index (Phi) is 6.67. The number of methoxy groups -OCH3 is 1. The van der Waals surface area contributed by atoms with Gasteiger partial charge in [0, 0.05) is 39.0 Å². The monoisotopic (exact) mass is 236 g/mol. The topological polar surface area (TPSA) is 24.5 Å². The minimum absolute atomic E-state index is 0.774. The van der Waals surface area contributed by atoms with Crippen molar-refractivity contribution in [3.63, 3.8) is 0 Å². The van der Waals surface area contributed by atoms with Crippen molar-refractivity contribution in [3.05, 3.63) is 29.8 Å². The second-order valence-corrected chi connectivity index (χ2v) is 4.16. The highest BCUT2D eigenvalue weighted by Crippen LogP contribution is 2.13. The third-order valence-corrected chi connectivity index (χ3v) is 2.82. The van der Waals surface area contributed by atoms with E-state index in [4.69, 9.17) is 4.74 Å². The summed E-state index contributed by atoms with van der Waals surface area (Å²) in [5.41, 5.74) is 2.61. The maximum absolute atomic E-state index is 5.00. The van der Waals surface area contributed by atoms with Gasteiger partial charge in [0.1, 0.15) is 0 Å². The second kappa shape index (κ2) is 8.09. The van der Waals surface area contributed by atoms with Crippen LogP contribution in [-0.2, 0) is 4.74 Å². The molecule has 1 aromatic carbocycles. The summed E-state index contributed by atoms with van der Waals surface area (Å²) < 4.78 is 5.00. The molecule has 0 aromatic heterocycles. The van der Waals surface area contributed by atoms with Gasteiger partial charge in [0.15, 0.2) is 0 Å². The van der Waals surface area contributed by atoms with Crippen molar-refractivity contribution in [1.29, 1.82) is 0 Å². The molecule has 0 radical (unpaired) electrons. The van der Waals surface area contributed by atoms with Crippen molar-refractivity contribution in [2.75, 3.05) is 44.8 Å². The van der Waals surface area contributed by atoms with E-state index in [1.165, 1.54) is 11.3 Å². The van der Waals surface area contributed by atoms with Crippen molar-refractivity contribution < 1.29 is 4.74 Å². The molecule has 3 nitrogen and oxygen atoms in total. The number of rotatable bonds is 8. The number of likely N-dealkylation sites (N-methyl/N-ethyl adjacent to an activating group) is 1. The van der Waals surface area contributed by atoms with Crippen LogP contribution in [-0.4, -0.2) is 39.9 Å². The molecule has 0 fully saturated rings. The van der Waals surface area contributed by atoms with E-state index >= 15 is 0 Å². The molecule has 1 rings (SSSR count). The highest BCUT2D eigenvalue weighted by Gasteiger charge is 2.02. The lowest BCUT2D eigenvalue weighted by molar-refractivity contribution is 0.200. The van der Waals surface area contributed by atoms with Gasteiger partial charge >= 0.3 is 0 Å². The van der Waals surface area contributed by atoms with Gasteiger partial charge in [0.25, 0.3) is 0 Å². The third kappa shape index (κ3) is 5.20. The Morgan fingerprint density at radius 3 is 2.47 bits per heavy atom. The molecular weight excluding hydrogens is 212 g/mol. The van der Waals surface area contributed by atoms with Gasteiger partial charge in [-0.05, 0) is 26.0 Å².